The fourth-order valence-corrected chi connectivity index (χ4v) is 2.06. The molecular formula is C16H25NO2. The van der Waals surface area contributed by atoms with Crippen molar-refractivity contribution >= 4 is 5.91 Å². The first-order chi connectivity index (χ1) is 8.48. The van der Waals surface area contributed by atoms with Crippen molar-refractivity contribution in [1.29, 1.82) is 0 Å². The summed E-state index contributed by atoms with van der Waals surface area (Å²) in [5.41, 5.74) is 2.14. The monoisotopic (exact) mass is 263 g/mol. The van der Waals surface area contributed by atoms with E-state index in [1.807, 2.05) is 29.2 Å². The number of carbonyl (C=O) groups is 1. The molecule has 19 heavy (non-hydrogen) atoms. The Balaban J connectivity index is 0.00000180. The number of benzene rings is 1. The van der Waals surface area contributed by atoms with Crippen LogP contribution in [0.1, 0.15) is 44.1 Å². The van der Waals surface area contributed by atoms with E-state index in [-0.39, 0.29) is 18.7 Å². The van der Waals surface area contributed by atoms with Crippen LogP contribution in [0.3, 0.4) is 0 Å². The summed E-state index contributed by atoms with van der Waals surface area (Å²) in [5, 5.41) is 0. The van der Waals surface area contributed by atoms with E-state index in [1.165, 1.54) is 5.56 Å². The SMILES string of the molecule is C.CC(C)(C)c1ccc(C(=O)N2CCOCC2)cc1. The van der Waals surface area contributed by atoms with Gasteiger partial charge in [-0.1, -0.05) is 40.3 Å². The maximum atomic E-state index is 12.2. The smallest absolute Gasteiger partial charge is 0.254 e. The number of morpholine rings is 1. The summed E-state index contributed by atoms with van der Waals surface area (Å²) in [6.45, 7) is 9.20. The second-order valence-corrected chi connectivity index (χ2v) is 5.73. The van der Waals surface area contributed by atoms with Crippen LogP contribution in [0.2, 0.25) is 0 Å². The normalized spacial score (nSPS) is 15.8. The van der Waals surface area contributed by atoms with Crippen molar-refractivity contribution < 1.29 is 9.53 Å². The molecular weight excluding hydrogens is 238 g/mol. The van der Waals surface area contributed by atoms with E-state index in [4.69, 9.17) is 4.74 Å². The lowest BCUT2D eigenvalue weighted by atomic mass is 9.86. The van der Waals surface area contributed by atoms with Crippen LogP contribution in [0.4, 0.5) is 0 Å². The average molecular weight is 263 g/mol. The molecule has 0 unspecified atom stereocenters. The van der Waals surface area contributed by atoms with Crippen LogP contribution in [-0.2, 0) is 10.2 Å². The van der Waals surface area contributed by atoms with Gasteiger partial charge in [-0.05, 0) is 23.1 Å². The summed E-state index contributed by atoms with van der Waals surface area (Å²) in [6.07, 6.45) is 0. The average Bonchev–Trinajstić information content (AvgIpc) is 2.38. The Bertz CT molecular complexity index is 411. The molecule has 0 spiro atoms. The van der Waals surface area contributed by atoms with Gasteiger partial charge in [0.15, 0.2) is 0 Å². The Morgan fingerprint density at radius 1 is 1.11 bits per heavy atom. The van der Waals surface area contributed by atoms with Crippen LogP contribution in [0.5, 0.6) is 0 Å². The van der Waals surface area contributed by atoms with E-state index in [2.05, 4.69) is 20.8 Å². The van der Waals surface area contributed by atoms with Crippen LogP contribution in [0, 0.1) is 0 Å². The Hall–Kier alpha value is -1.35. The van der Waals surface area contributed by atoms with Crippen molar-refractivity contribution in [1.82, 2.24) is 4.90 Å². The number of nitrogens with zero attached hydrogens (tertiary/aromatic N) is 1. The van der Waals surface area contributed by atoms with Gasteiger partial charge >= 0.3 is 0 Å². The molecule has 1 fully saturated rings. The third-order valence-corrected chi connectivity index (χ3v) is 3.30. The summed E-state index contributed by atoms with van der Waals surface area (Å²) in [5.74, 6) is 0.110. The quantitative estimate of drug-likeness (QED) is 0.779. The van der Waals surface area contributed by atoms with Crippen molar-refractivity contribution in [2.24, 2.45) is 0 Å². The molecule has 1 amide bonds. The summed E-state index contributed by atoms with van der Waals surface area (Å²) < 4.78 is 5.26. The Morgan fingerprint density at radius 2 is 1.63 bits per heavy atom. The molecule has 106 valence electrons. The first kappa shape index (κ1) is 15.7. The van der Waals surface area contributed by atoms with Crippen molar-refractivity contribution in [3.05, 3.63) is 35.4 Å². The molecule has 0 atom stereocenters. The predicted octanol–water partition coefficient (Wildman–Crippen LogP) is 3.09. The van der Waals surface area contributed by atoms with Gasteiger partial charge in [0, 0.05) is 18.7 Å². The first-order valence-electron chi connectivity index (χ1n) is 6.46. The van der Waals surface area contributed by atoms with E-state index in [1.54, 1.807) is 0 Å². The van der Waals surface area contributed by atoms with Gasteiger partial charge in [0.05, 0.1) is 13.2 Å². The molecule has 0 N–H and O–H groups in total. The van der Waals surface area contributed by atoms with E-state index in [0.717, 1.165) is 5.56 Å². The van der Waals surface area contributed by atoms with Gasteiger partial charge in [-0.15, -0.1) is 0 Å². The maximum absolute atomic E-state index is 12.2. The highest BCUT2D eigenvalue weighted by Gasteiger charge is 2.19. The van der Waals surface area contributed by atoms with Gasteiger partial charge in [-0.3, -0.25) is 4.79 Å². The number of carbonyl (C=O) groups excluding carboxylic acids is 1. The minimum Gasteiger partial charge on any atom is -0.378 e. The van der Waals surface area contributed by atoms with Crippen molar-refractivity contribution in [2.75, 3.05) is 26.3 Å². The van der Waals surface area contributed by atoms with Crippen LogP contribution in [-0.4, -0.2) is 37.1 Å². The number of hydrogen-bond acceptors (Lipinski definition) is 2. The molecule has 3 nitrogen and oxygen atoms in total. The highest BCUT2D eigenvalue weighted by Crippen LogP contribution is 2.22. The van der Waals surface area contributed by atoms with Crippen LogP contribution >= 0.6 is 0 Å². The van der Waals surface area contributed by atoms with Crippen molar-refractivity contribution in [2.45, 2.75) is 33.6 Å². The third kappa shape index (κ3) is 3.80. The van der Waals surface area contributed by atoms with Gasteiger partial charge in [-0.25, -0.2) is 0 Å². The molecule has 1 saturated heterocycles. The highest BCUT2D eigenvalue weighted by atomic mass is 16.5. The standard InChI is InChI=1S/C15H21NO2.CH4/c1-15(2,3)13-6-4-12(5-7-13)14(17)16-8-10-18-11-9-16;/h4-7H,8-11H2,1-3H3;1H4. The Kier molecular flexibility index (Phi) is 5.12. The largest absolute Gasteiger partial charge is 0.378 e. The van der Waals surface area contributed by atoms with Gasteiger partial charge < -0.3 is 9.64 Å². The highest BCUT2D eigenvalue weighted by molar-refractivity contribution is 5.94. The minimum absolute atomic E-state index is 0. The van der Waals surface area contributed by atoms with Crippen molar-refractivity contribution in [3.63, 3.8) is 0 Å². The van der Waals surface area contributed by atoms with E-state index in [9.17, 15) is 4.79 Å². The van der Waals surface area contributed by atoms with Crippen LogP contribution in [0.15, 0.2) is 24.3 Å². The second kappa shape index (κ2) is 6.20. The zero-order valence-electron chi connectivity index (χ0n) is 11.4. The minimum atomic E-state index is 0. The molecule has 0 aromatic heterocycles. The fraction of sp³-hybridized carbons (Fsp3) is 0.562. The molecule has 2 rings (SSSR count). The van der Waals surface area contributed by atoms with Gasteiger partial charge in [0.25, 0.3) is 5.91 Å². The molecule has 1 aromatic carbocycles. The topological polar surface area (TPSA) is 29.5 Å². The first-order valence-corrected chi connectivity index (χ1v) is 6.46. The number of ether oxygens (including phenoxy) is 1. The molecule has 1 aliphatic heterocycles. The Morgan fingerprint density at radius 3 is 2.11 bits per heavy atom. The summed E-state index contributed by atoms with van der Waals surface area (Å²) in [6, 6.07) is 7.96. The number of amides is 1. The van der Waals surface area contributed by atoms with E-state index in [0.29, 0.717) is 26.3 Å². The maximum Gasteiger partial charge on any atom is 0.254 e. The van der Waals surface area contributed by atoms with E-state index < -0.39 is 0 Å². The number of hydrogen-bond donors (Lipinski definition) is 0. The molecule has 1 aromatic rings. The van der Waals surface area contributed by atoms with Crippen LogP contribution in [0.25, 0.3) is 0 Å². The molecule has 0 saturated carbocycles. The van der Waals surface area contributed by atoms with Crippen LogP contribution < -0.4 is 0 Å². The summed E-state index contributed by atoms with van der Waals surface area (Å²) in [4.78, 5) is 14.1. The third-order valence-electron chi connectivity index (χ3n) is 3.30. The summed E-state index contributed by atoms with van der Waals surface area (Å²) >= 11 is 0. The predicted molar refractivity (Wildman–Crippen MR) is 78.6 cm³/mol. The molecule has 0 aliphatic carbocycles. The van der Waals surface area contributed by atoms with Gasteiger partial charge in [0.1, 0.15) is 0 Å². The Labute approximate surface area is 116 Å². The zero-order chi connectivity index (χ0) is 13.2. The molecule has 3 heteroatoms. The molecule has 1 heterocycles. The molecule has 1 aliphatic rings. The lowest BCUT2D eigenvalue weighted by Gasteiger charge is -2.27. The zero-order valence-corrected chi connectivity index (χ0v) is 11.4. The van der Waals surface area contributed by atoms with Gasteiger partial charge in [0.2, 0.25) is 0 Å². The lowest BCUT2D eigenvalue weighted by molar-refractivity contribution is 0.0303. The lowest BCUT2D eigenvalue weighted by Crippen LogP contribution is -2.40. The summed E-state index contributed by atoms with van der Waals surface area (Å²) in [7, 11) is 0. The fourth-order valence-electron chi connectivity index (χ4n) is 2.06. The van der Waals surface area contributed by atoms with Gasteiger partial charge in [-0.2, -0.15) is 0 Å². The second-order valence-electron chi connectivity index (χ2n) is 5.73. The van der Waals surface area contributed by atoms with E-state index >= 15 is 0 Å². The van der Waals surface area contributed by atoms with Crippen molar-refractivity contribution in [3.8, 4) is 0 Å². The molecule has 0 radical (unpaired) electrons. The number of rotatable bonds is 1. The molecule has 0 bridgehead atoms.